The smallest absolute Gasteiger partial charge is 0.338 e. The number of anilines is 2. The lowest BCUT2D eigenvalue weighted by atomic mass is 9.78. The molecule has 4 nitrogen and oxygen atoms in total. The standard InChI is InChI=1S/C14H20N2O2/c1-3-18-13(17)10-5-6-12(11(15)9-10)16-14(2)7-4-8-14/h5-6,9,16H,3-4,7-8,15H2,1-2H3. The zero-order chi connectivity index (χ0) is 13.2. The van der Waals surface area contributed by atoms with Crippen molar-refractivity contribution in [2.45, 2.75) is 38.6 Å². The molecule has 0 aromatic heterocycles. The lowest BCUT2D eigenvalue weighted by Gasteiger charge is -2.40. The molecule has 0 amide bonds. The molecule has 4 heteroatoms. The molecule has 0 radical (unpaired) electrons. The average Bonchev–Trinajstić information content (AvgIpc) is 2.30. The minimum absolute atomic E-state index is 0.152. The number of ether oxygens (including phenoxy) is 1. The lowest BCUT2D eigenvalue weighted by molar-refractivity contribution is 0.0526. The Morgan fingerprint density at radius 3 is 2.72 bits per heavy atom. The number of nitrogens with one attached hydrogen (secondary N) is 1. The first-order chi connectivity index (χ1) is 8.54. The molecule has 1 fully saturated rings. The third kappa shape index (κ3) is 2.58. The molecular weight excluding hydrogens is 228 g/mol. The third-order valence-corrected chi connectivity index (χ3v) is 3.46. The van der Waals surface area contributed by atoms with Gasteiger partial charge in [0.25, 0.3) is 0 Å². The molecule has 0 saturated heterocycles. The van der Waals surface area contributed by atoms with E-state index >= 15 is 0 Å². The molecule has 2 rings (SSSR count). The fourth-order valence-corrected chi connectivity index (χ4v) is 2.18. The van der Waals surface area contributed by atoms with E-state index in [4.69, 9.17) is 10.5 Å². The Morgan fingerprint density at radius 1 is 1.50 bits per heavy atom. The number of benzene rings is 1. The fraction of sp³-hybridized carbons (Fsp3) is 0.500. The van der Waals surface area contributed by atoms with Crippen LogP contribution in [0.4, 0.5) is 11.4 Å². The van der Waals surface area contributed by atoms with Crippen LogP contribution in [0.3, 0.4) is 0 Å². The van der Waals surface area contributed by atoms with Crippen molar-refractivity contribution < 1.29 is 9.53 Å². The molecule has 0 unspecified atom stereocenters. The molecule has 1 aliphatic carbocycles. The quantitative estimate of drug-likeness (QED) is 0.635. The molecule has 3 N–H and O–H groups in total. The number of esters is 1. The van der Waals surface area contributed by atoms with Gasteiger partial charge in [-0.05, 0) is 51.3 Å². The number of hydrogen-bond acceptors (Lipinski definition) is 4. The summed E-state index contributed by atoms with van der Waals surface area (Å²) in [6.07, 6.45) is 3.57. The topological polar surface area (TPSA) is 64.3 Å². The Bertz CT molecular complexity index is 453. The summed E-state index contributed by atoms with van der Waals surface area (Å²) in [4.78, 5) is 11.6. The largest absolute Gasteiger partial charge is 0.462 e. The summed E-state index contributed by atoms with van der Waals surface area (Å²) < 4.78 is 4.94. The van der Waals surface area contributed by atoms with Gasteiger partial charge in [-0.25, -0.2) is 4.79 Å². The van der Waals surface area contributed by atoms with Gasteiger partial charge in [0.05, 0.1) is 23.5 Å². The van der Waals surface area contributed by atoms with Crippen molar-refractivity contribution in [3.8, 4) is 0 Å². The molecule has 0 bridgehead atoms. The van der Waals surface area contributed by atoms with Crippen molar-refractivity contribution in [2.75, 3.05) is 17.7 Å². The molecule has 18 heavy (non-hydrogen) atoms. The lowest BCUT2D eigenvalue weighted by Crippen LogP contribution is -2.41. The van der Waals surface area contributed by atoms with Crippen LogP contribution in [-0.4, -0.2) is 18.1 Å². The van der Waals surface area contributed by atoms with Gasteiger partial charge in [-0.3, -0.25) is 0 Å². The predicted molar refractivity (Wildman–Crippen MR) is 72.7 cm³/mol. The van der Waals surface area contributed by atoms with Crippen LogP contribution in [0.1, 0.15) is 43.5 Å². The SMILES string of the molecule is CCOC(=O)c1ccc(NC2(C)CCC2)c(N)c1. The number of carbonyl (C=O) groups is 1. The molecule has 0 heterocycles. The Kier molecular flexibility index (Phi) is 3.45. The van der Waals surface area contributed by atoms with Gasteiger partial charge in [0.1, 0.15) is 0 Å². The number of rotatable bonds is 4. The van der Waals surface area contributed by atoms with Crippen molar-refractivity contribution in [2.24, 2.45) is 0 Å². The number of nitrogen functional groups attached to an aromatic ring is 1. The van der Waals surface area contributed by atoms with Crippen molar-refractivity contribution in [3.63, 3.8) is 0 Å². The highest BCUT2D eigenvalue weighted by molar-refractivity contribution is 5.92. The molecule has 1 aromatic carbocycles. The minimum atomic E-state index is -0.328. The van der Waals surface area contributed by atoms with E-state index in [0.29, 0.717) is 17.9 Å². The van der Waals surface area contributed by atoms with Crippen molar-refractivity contribution in [1.82, 2.24) is 0 Å². The molecule has 0 spiro atoms. The fourth-order valence-electron chi connectivity index (χ4n) is 2.18. The molecule has 1 saturated carbocycles. The van der Waals surface area contributed by atoms with Gasteiger partial charge in [-0.1, -0.05) is 0 Å². The van der Waals surface area contributed by atoms with Crippen LogP contribution in [0.25, 0.3) is 0 Å². The maximum Gasteiger partial charge on any atom is 0.338 e. The van der Waals surface area contributed by atoms with E-state index in [2.05, 4.69) is 12.2 Å². The number of nitrogens with two attached hydrogens (primary N) is 1. The van der Waals surface area contributed by atoms with Gasteiger partial charge < -0.3 is 15.8 Å². The van der Waals surface area contributed by atoms with Crippen LogP contribution in [0.5, 0.6) is 0 Å². The molecule has 98 valence electrons. The molecule has 1 aliphatic rings. The second kappa shape index (κ2) is 4.88. The van der Waals surface area contributed by atoms with Crippen LogP contribution in [0.15, 0.2) is 18.2 Å². The van der Waals surface area contributed by atoms with Gasteiger partial charge >= 0.3 is 5.97 Å². The highest BCUT2D eigenvalue weighted by Gasteiger charge is 2.31. The maximum atomic E-state index is 11.6. The Labute approximate surface area is 108 Å². The number of hydrogen-bond donors (Lipinski definition) is 2. The first-order valence-corrected chi connectivity index (χ1v) is 6.39. The highest BCUT2D eigenvalue weighted by Crippen LogP contribution is 2.36. The summed E-state index contributed by atoms with van der Waals surface area (Å²) in [6, 6.07) is 5.27. The summed E-state index contributed by atoms with van der Waals surface area (Å²) in [5.41, 5.74) is 8.11. The molecule has 0 atom stereocenters. The van der Waals surface area contributed by atoms with E-state index in [1.54, 1.807) is 19.1 Å². The second-order valence-electron chi connectivity index (χ2n) is 5.06. The first kappa shape index (κ1) is 12.7. The van der Waals surface area contributed by atoms with E-state index in [0.717, 1.165) is 18.5 Å². The zero-order valence-electron chi connectivity index (χ0n) is 11.0. The summed E-state index contributed by atoms with van der Waals surface area (Å²) in [7, 11) is 0. The monoisotopic (exact) mass is 248 g/mol. The van der Waals surface area contributed by atoms with E-state index in [1.807, 2.05) is 6.07 Å². The van der Waals surface area contributed by atoms with Crippen molar-refractivity contribution in [3.05, 3.63) is 23.8 Å². The molecule has 0 aliphatic heterocycles. The van der Waals surface area contributed by atoms with Crippen molar-refractivity contribution >= 4 is 17.3 Å². The van der Waals surface area contributed by atoms with Crippen molar-refractivity contribution in [1.29, 1.82) is 0 Å². The summed E-state index contributed by atoms with van der Waals surface area (Å²) >= 11 is 0. The van der Waals surface area contributed by atoms with Crippen LogP contribution in [0, 0.1) is 0 Å². The summed E-state index contributed by atoms with van der Waals surface area (Å²) in [5.74, 6) is -0.328. The summed E-state index contributed by atoms with van der Waals surface area (Å²) in [5, 5.41) is 3.44. The van der Waals surface area contributed by atoms with E-state index in [9.17, 15) is 4.79 Å². The normalized spacial score (nSPS) is 16.8. The number of carbonyl (C=O) groups excluding carboxylic acids is 1. The van der Waals surface area contributed by atoms with Crippen LogP contribution < -0.4 is 11.1 Å². The van der Waals surface area contributed by atoms with Gasteiger partial charge in [0.15, 0.2) is 0 Å². The van der Waals surface area contributed by atoms with E-state index < -0.39 is 0 Å². The Morgan fingerprint density at radius 2 is 2.22 bits per heavy atom. The minimum Gasteiger partial charge on any atom is -0.462 e. The predicted octanol–water partition coefficient (Wildman–Crippen LogP) is 2.80. The molecule has 1 aromatic rings. The van der Waals surface area contributed by atoms with Gasteiger partial charge in [-0.15, -0.1) is 0 Å². The Balaban J connectivity index is 2.12. The van der Waals surface area contributed by atoms with Gasteiger partial charge in [0, 0.05) is 5.54 Å². The van der Waals surface area contributed by atoms with E-state index in [-0.39, 0.29) is 11.5 Å². The highest BCUT2D eigenvalue weighted by atomic mass is 16.5. The van der Waals surface area contributed by atoms with Gasteiger partial charge in [0.2, 0.25) is 0 Å². The second-order valence-corrected chi connectivity index (χ2v) is 5.06. The van der Waals surface area contributed by atoms with Crippen LogP contribution in [0.2, 0.25) is 0 Å². The average molecular weight is 248 g/mol. The van der Waals surface area contributed by atoms with Gasteiger partial charge in [-0.2, -0.15) is 0 Å². The zero-order valence-corrected chi connectivity index (χ0v) is 11.0. The first-order valence-electron chi connectivity index (χ1n) is 6.39. The molecular formula is C14H20N2O2. The Hall–Kier alpha value is -1.71. The van der Waals surface area contributed by atoms with Crippen LogP contribution >= 0.6 is 0 Å². The maximum absolute atomic E-state index is 11.6. The van der Waals surface area contributed by atoms with Crippen LogP contribution in [-0.2, 0) is 4.74 Å². The summed E-state index contributed by atoms with van der Waals surface area (Å²) in [6.45, 7) is 4.35. The third-order valence-electron chi connectivity index (χ3n) is 3.46. The van der Waals surface area contributed by atoms with E-state index in [1.165, 1.54) is 6.42 Å².